The van der Waals surface area contributed by atoms with Crippen LogP contribution >= 0.6 is 0 Å². The number of sulfonamides is 1. The molecular formula is C47H75N7O9S. The number of likely N-dealkylation sites (N-methyl/N-ethyl adjacent to an activating group) is 2. The van der Waals surface area contributed by atoms with E-state index in [4.69, 9.17) is 15.2 Å². The molecule has 1 aliphatic heterocycles. The number of nitrogen functional groups attached to an aromatic ring is 1. The first kappa shape index (κ1) is 53.8. The second-order valence-corrected chi connectivity index (χ2v) is 20.0. The van der Waals surface area contributed by atoms with Crippen molar-refractivity contribution in [2.75, 3.05) is 58.2 Å². The number of nitrogens with two attached hydrogens (primary N) is 1. The molecule has 1 fully saturated rings. The molecule has 9 atom stereocenters. The summed E-state index contributed by atoms with van der Waals surface area (Å²) < 4.78 is 39.0. The van der Waals surface area contributed by atoms with Gasteiger partial charge in [-0.3, -0.25) is 28.9 Å². The van der Waals surface area contributed by atoms with Gasteiger partial charge in [0, 0.05) is 39.9 Å². The molecule has 0 aromatic heterocycles. The topological polar surface area (TPSA) is 201 Å². The Morgan fingerprint density at radius 3 is 1.95 bits per heavy atom. The number of hydrogen-bond donors (Lipinski definition) is 3. The SMILES string of the molecule is CC[C@H](C)[C@@H]([C@@H](CC(=O)N1CCC[C@H]1[C@H](OC)[C@@H](C)C(=O)N[C@@H](Cc1ccccc1)C(=O)N(c1ccc(N)cc1)S(C)(=O)=O)OC)N(C)C(=O)[C@@H](NC(=O)[C@H](C(C)C)N(C)C)C(C)C. The molecule has 0 spiro atoms. The zero-order valence-electron chi connectivity index (χ0n) is 40.2. The Kier molecular flexibility index (Phi) is 20.2. The van der Waals surface area contributed by atoms with Gasteiger partial charge in [-0.2, -0.15) is 0 Å². The smallest absolute Gasteiger partial charge is 0.263 e. The number of carbonyl (C=O) groups excluding carboxylic acids is 5. The molecule has 17 heteroatoms. The van der Waals surface area contributed by atoms with Crippen molar-refractivity contribution in [2.24, 2.45) is 23.7 Å². The van der Waals surface area contributed by atoms with E-state index < -0.39 is 70.2 Å². The third kappa shape index (κ3) is 13.7. The van der Waals surface area contributed by atoms with Crippen molar-refractivity contribution in [1.29, 1.82) is 0 Å². The molecule has 16 nitrogen and oxygen atoms in total. The van der Waals surface area contributed by atoms with E-state index in [2.05, 4.69) is 10.6 Å². The summed E-state index contributed by atoms with van der Waals surface area (Å²) in [5.74, 6) is -3.35. The van der Waals surface area contributed by atoms with Crippen LogP contribution < -0.4 is 20.7 Å². The molecule has 1 heterocycles. The van der Waals surface area contributed by atoms with Crippen molar-refractivity contribution in [3.63, 3.8) is 0 Å². The van der Waals surface area contributed by atoms with Gasteiger partial charge in [-0.25, -0.2) is 12.7 Å². The first-order valence-electron chi connectivity index (χ1n) is 22.3. The lowest BCUT2D eigenvalue weighted by atomic mass is 9.89. The fourth-order valence-electron chi connectivity index (χ4n) is 9.00. The third-order valence-electron chi connectivity index (χ3n) is 12.5. The monoisotopic (exact) mass is 914 g/mol. The van der Waals surface area contributed by atoms with E-state index in [0.717, 1.165) is 6.26 Å². The van der Waals surface area contributed by atoms with Crippen LogP contribution in [0.5, 0.6) is 0 Å². The van der Waals surface area contributed by atoms with Crippen molar-refractivity contribution in [2.45, 2.75) is 123 Å². The first-order chi connectivity index (χ1) is 30.0. The van der Waals surface area contributed by atoms with Crippen molar-refractivity contribution in [3.05, 3.63) is 60.2 Å². The minimum absolute atomic E-state index is 0.00362. The number of methoxy groups -OCH3 is 2. The van der Waals surface area contributed by atoms with Gasteiger partial charge in [0.1, 0.15) is 12.1 Å². The zero-order valence-corrected chi connectivity index (χ0v) is 41.1. The minimum atomic E-state index is -4.16. The lowest BCUT2D eigenvalue weighted by Gasteiger charge is -2.41. The lowest BCUT2D eigenvalue weighted by Crippen LogP contribution is -2.59. The molecule has 3 rings (SSSR count). The molecule has 0 bridgehead atoms. The van der Waals surface area contributed by atoms with E-state index in [0.29, 0.717) is 41.4 Å². The average molecular weight is 914 g/mol. The molecule has 2 aromatic rings. The summed E-state index contributed by atoms with van der Waals surface area (Å²) >= 11 is 0. The number of nitrogens with zero attached hydrogens (tertiary/aromatic N) is 4. The number of benzene rings is 2. The number of likely N-dealkylation sites (tertiary alicyclic amines) is 1. The Hall–Kier alpha value is -4.58. The molecule has 0 radical (unpaired) electrons. The highest BCUT2D eigenvalue weighted by molar-refractivity contribution is 7.92. The predicted octanol–water partition coefficient (Wildman–Crippen LogP) is 3.94. The van der Waals surface area contributed by atoms with Gasteiger partial charge in [0.25, 0.3) is 5.91 Å². The van der Waals surface area contributed by atoms with E-state index in [1.54, 1.807) is 48.0 Å². The number of ether oxygens (including phenoxy) is 2. The van der Waals surface area contributed by atoms with Crippen LogP contribution in [0.2, 0.25) is 0 Å². The number of nitrogens with one attached hydrogen (secondary N) is 2. The maximum atomic E-state index is 14.4. The van der Waals surface area contributed by atoms with Gasteiger partial charge in [-0.05, 0) is 74.5 Å². The normalized spacial score (nSPS) is 18.1. The molecule has 4 N–H and O–H groups in total. The van der Waals surface area contributed by atoms with Crippen molar-refractivity contribution in [3.8, 4) is 0 Å². The Bertz CT molecular complexity index is 1960. The van der Waals surface area contributed by atoms with Crippen LogP contribution in [0.25, 0.3) is 0 Å². The maximum Gasteiger partial charge on any atom is 0.263 e. The summed E-state index contributed by atoms with van der Waals surface area (Å²) in [6, 6.07) is 11.2. The molecule has 0 saturated carbocycles. The molecule has 5 amide bonds. The second-order valence-electron chi connectivity index (χ2n) is 18.2. The van der Waals surface area contributed by atoms with Crippen LogP contribution in [0, 0.1) is 23.7 Å². The van der Waals surface area contributed by atoms with E-state index in [-0.39, 0.29) is 54.0 Å². The Labute approximate surface area is 382 Å². The molecule has 1 saturated heterocycles. The van der Waals surface area contributed by atoms with Crippen LogP contribution in [0.15, 0.2) is 54.6 Å². The van der Waals surface area contributed by atoms with E-state index in [1.165, 1.54) is 38.5 Å². The van der Waals surface area contributed by atoms with Crippen molar-refractivity contribution in [1.82, 2.24) is 25.3 Å². The Morgan fingerprint density at radius 1 is 0.844 bits per heavy atom. The largest absolute Gasteiger partial charge is 0.399 e. The standard InChI is InChI=1S/C47H75N7O9S/c1-14-31(6)42(52(10)47(59)40(29(2)3)50-45(57)41(30(4)5)51(8)9)38(62-11)28-39(55)53-26-18-21-37(53)43(63-12)32(7)44(56)49-36(27-33-19-16-15-17-20-33)46(58)54(64(13,60)61)35-24-22-34(48)23-25-35/h15-17,19-20,22-25,29-32,36-38,40-43H,14,18,21,26-28,48H2,1-13H3,(H,49,56)(H,50,57)/t31-,32+,36-,37-,38+,40-,41-,42-,43+/m0/s1. The molecule has 64 heavy (non-hydrogen) atoms. The Morgan fingerprint density at radius 2 is 1.45 bits per heavy atom. The van der Waals surface area contributed by atoms with Gasteiger partial charge in [0.15, 0.2) is 0 Å². The molecular weight excluding hydrogens is 839 g/mol. The highest BCUT2D eigenvalue weighted by Crippen LogP contribution is 2.30. The summed E-state index contributed by atoms with van der Waals surface area (Å²) in [6.45, 7) is 13.8. The van der Waals surface area contributed by atoms with Gasteiger partial charge < -0.3 is 35.6 Å². The summed E-state index contributed by atoms with van der Waals surface area (Å²) in [5, 5.41) is 5.86. The van der Waals surface area contributed by atoms with Crippen LogP contribution in [-0.4, -0.2) is 143 Å². The average Bonchev–Trinajstić information content (AvgIpc) is 3.72. The maximum absolute atomic E-state index is 14.4. The van der Waals surface area contributed by atoms with Crippen molar-refractivity contribution < 1.29 is 41.9 Å². The van der Waals surface area contributed by atoms with E-state index >= 15 is 0 Å². The number of rotatable bonds is 23. The molecule has 0 unspecified atom stereocenters. The van der Waals surface area contributed by atoms with Crippen LogP contribution in [-0.2, 0) is 49.9 Å². The van der Waals surface area contributed by atoms with Crippen LogP contribution in [0.4, 0.5) is 11.4 Å². The highest BCUT2D eigenvalue weighted by Gasteiger charge is 2.44. The lowest BCUT2D eigenvalue weighted by molar-refractivity contribution is -0.148. The second kappa shape index (κ2) is 24.1. The van der Waals surface area contributed by atoms with Gasteiger partial charge >= 0.3 is 0 Å². The number of anilines is 2. The van der Waals surface area contributed by atoms with Gasteiger partial charge in [-0.15, -0.1) is 0 Å². The highest BCUT2D eigenvalue weighted by atomic mass is 32.2. The number of amides is 5. The molecule has 1 aliphatic rings. The fraction of sp³-hybridized carbons (Fsp3) is 0.638. The predicted molar refractivity (Wildman–Crippen MR) is 250 cm³/mol. The minimum Gasteiger partial charge on any atom is -0.399 e. The summed E-state index contributed by atoms with van der Waals surface area (Å²) in [4.78, 5) is 76.0. The van der Waals surface area contributed by atoms with Gasteiger partial charge in [0.2, 0.25) is 33.7 Å². The fourth-order valence-corrected chi connectivity index (χ4v) is 9.96. The van der Waals surface area contributed by atoms with Crippen LogP contribution in [0.1, 0.15) is 79.7 Å². The third-order valence-corrected chi connectivity index (χ3v) is 13.6. The molecule has 2 aromatic carbocycles. The number of hydrogen-bond acceptors (Lipinski definition) is 11. The quantitative estimate of drug-likeness (QED) is 0.137. The van der Waals surface area contributed by atoms with E-state index in [1.807, 2.05) is 66.6 Å². The summed E-state index contributed by atoms with van der Waals surface area (Å²) in [7, 11) is 4.20. The summed E-state index contributed by atoms with van der Waals surface area (Å²) in [5.41, 5.74) is 7.00. The molecule has 358 valence electrons. The van der Waals surface area contributed by atoms with Gasteiger partial charge in [-0.1, -0.05) is 85.2 Å². The molecule has 0 aliphatic carbocycles. The van der Waals surface area contributed by atoms with Gasteiger partial charge in [0.05, 0.1) is 54.6 Å². The first-order valence-corrected chi connectivity index (χ1v) is 24.2. The zero-order chi connectivity index (χ0) is 48.2. The summed E-state index contributed by atoms with van der Waals surface area (Å²) in [6.07, 6.45) is 1.21. The van der Waals surface area contributed by atoms with E-state index in [9.17, 15) is 32.4 Å². The van der Waals surface area contributed by atoms with Crippen LogP contribution in [0.3, 0.4) is 0 Å². The number of carbonyl (C=O) groups is 5. The van der Waals surface area contributed by atoms with Crippen molar-refractivity contribution >= 4 is 50.9 Å². The Balaban J connectivity index is 1.89.